The molecule has 0 saturated heterocycles. The van der Waals surface area contributed by atoms with Gasteiger partial charge in [0.05, 0.1) is 6.10 Å². The van der Waals surface area contributed by atoms with E-state index in [9.17, 15) is 5.11 Å². The number of hydrogen-bond acceptors (Lipinski definition) is 4. The number of hydrogen-bond donors (Lipinski definition) is 2. The molecule has 0 saturated carbocycles. The minimum absolute atomic E-state index is 0.372. The Balaban J connectivity index is 2.64. The van der Waals surface area contributed by atoms with Crippen LogP contribution < -0.4 is 5.32 Å². The first-order valence-corrected chi connectivity index (χ1v) is 6.16. The number of anilines is 1. The van der Waals surface area contributed by atoms with Crippen LogP contribution in [0.1, 0.15) is 19.7 Å². The van der Waals surface area contributed by atoms with Gasteiger partial charge in [-0.25, -0.2) is 9.97 Å². The SMILES string of the molecule is C/C=C\C(=C/C)C(O)CNc1cc(Cl)nc(C)n1. The van der Waals surface area contributed by atoms with Crippen LogP contribution in [0.3, 0.4) is 0 Å². The van der Waals surface area contributed by atoms with Crippen LogP contribution in [0.5, 0.6) is 0 Å². The van der Waals surface area contributed by atoms with Gasteiger partial charge in [0.2, 0.25) is 0 Å². The summed E-state index contributed by atoms with van der Waals surface area (Å²) in [5, 5.41) is 13.4. The van der Waals surface area contributed by atoms with Crippen molar-refractivity contribution in [2.75, 3.05) is 11.9 Å². The van der Waals surface area contributed by atoms with Crippen LogP contribution in [-0.2, 0) is 0 Å². The number of halogens is 1. The molecule has 0 fully saturated rings. The van der Waals surface area contributed by atoms with Crippen molar-refractivity contribution in [1.82, 2.24) is 9.97 Å². The average Bonchev–Trinajstić information content (AvgIpc) is 2.32. The third kappa shape index (κ3) is 4.47. The monoisotopic (exact) mass is 267 g/mol. The lowest BCUT2D eigenvalue weighted by Gasteiger charge is -2.13. The van der Waals surface area contributed by atoms with Gasteiger partial charge < -0.3 is 10.4 Å². The Morgan fingerprint density at radius 3 is 2.78 bits per heavy atom. The molecular formula is C13H18ClN3O. The Morgan fingerprint density at radius 1 is 1.50 bits per heavy atom. The van der Waals surface area contributed by atoms with Crippen LogP contribution in [-0.4, -0.2) is 27.7 Å². The molecular weight excluding hydrogens is 250 g/mol. The summed E-state index contributed by atoms with van der Waals surface area (Å²) in [5.74, 6) is 1.21. The van der Waals surface area contributed by atoms with E-state index in [-0.39, 0.29) is 0 Å². The maximum absolute atomic E-state index is 9.98. The molecule has 1 atom stereocenters. The molecule has 4 nitrogen and oxygen atoms in total. The number of allylic oxidation sites excluding steroid dienone is 2. The van der Waals surface area contributed by atoms with E-state index in [1.165, 1.54) is 0 Å². The van der Waals surface area contributed by atoms with E-state index < -0.39 is 6.10 Å². The summed E-state index contributed by atoms with van der Waals surface area (Å²) in [6.07, 6.45) is 5.07. The predicted molar refractivity (Wildman–Crippen MR) is 74.8 cm³/mol. The van der Waals surface area contributed by atoms with Gasteiger partial charge in [0, 0.05) is 12.6 Å². The summed E-state index contributed by atoms with van der Waals surface area (Å²) in [7, 11) is 0. The molecule has 0 amide bonds. The van der Waals surface area contributed by atoms with Crippen molar-refractivity contribution < 1.29 is 5.11 Å². The van der Waals surface area contributed by atoms with Crippen LogP contribution in [0.4, 0.5) is 5.82 Å². The minimum Gasteiger partial charge on any atom is -0.387 e. The summed E-state index contributed by atoms with van der Waals surface area (Å²) < 4.78 is 0. The van der Waals surface area contributed by atoms with Gasteiger partial charge in [-0.1, -0.05) is 29.8 Å². The van der Waals surface area contributed by atoms with Crippen LogP contribution in [0.2, 0.25) is 5.15 Å². The van der Waals surface area contributed by atoms with Crippen LogP contribution in [0.25, 0.3) is 0 Å². The van der Waals surface area contributed by atoms with Gasteiger partial charge in [-0.2, -0.15) is 0 Å². The number of aryl methyl sites for hydroxylation is 1. The van der Waals surface area contributed by atoms with Gasteiger partial charge >= 0.3 is 0 Å². The fraction of sp³-hybridized carbons (Fsp3) is 0.385. The van der Waals surface area contributed by atoms with Crippen molar-refractivity contribution in [3.8, 4) is 0 Å². The molecule has 1 aromatic rings. The standard InChI is InChI=1S/C13H18ClN3O/c1-4-6-10(5-2)11(18)8-15-13-7-12(14)16-9(3)17-13/h4-7,11,18H,8H2,1-3H3,(H,15,16,17)/b6-4-,10-5+. The van der Waals surface area contributed by atoms with Gasteiger partial charge in [-0.3, -0.25) is 0 Å². The maximum Gasteiger partial charge on any atom is 0.134 e. The predicted octanol–water partition coefficient (Wildman–Crippen LogP) is 2.73. The lowest BCUT2D eigenvalue weighted by molar-refractivity contribution is 0.227. The molecule has 1 heterocycles. The Hall–Kier alpha value is -1.39. The number of aromatic nitrogens is 2. The normalized spacial score (nSPS) is 13.9. The fourth-order valence-electron chi connectivity index (χ4n) is 1.53. The van der Waals surface area contributed by atoms with E-state index in [1.807, 2.05) is 32.1 Å². The molecule has 5 heteroatoms. The summed E-state index contributed by atoms with van der Waals surface area (Å²) in [4.78, 5) is 8.15. The van der Waals surface area contributed by atoms with E-state index in [1.54, 1.807) is 13.0 Å². The molecule has 0 aromatic carbocycles. The van der Waals surface area contributed by atoms with E-state index in [0.29, 0.717) is 23.3 Å². The average molecular weight is 268 g/mol. The second kappa shape index (κ2) is 7.13. The third-order valence-corrected chi connectivity index (χ3v) is 2.55. The van der Waals surface area contributed by atoms with E-state index >= 15 is 0 Å². The quantitative estimate of drug-likeness (QED) is 0.636. The molecule has 0 aliphatic rings. The molecule has 1 rings (SSSR count). The highest BCUT2D eigenvalue weighted by Gasteiger charge is 2.08. The van der Waals surface area contributed by atoms with Crippen molar-refractivity contribution in [1.29, 1.82) is 0 Å². The highest BCUT2D eigenvalue weighted by atomic mass is 35.5. The molecule has 98 valence electrons. The van der Waals surface area contributed by atoms with Gasteiger partial charge in [-0.05, 0) is 26.3 Å². The second-order valence-corrected chi connectivity index (χ2v) is 4.20. The number of rotatable bonds is 5. The van der Waals surface area contributed by atoms with Crippen LogP contribution in [0, 0.1) is 6.92 Å². The summed E-state index contributed by atoms with van der Waals surface area (Å²) >= 11 is 5.83. The van der Waals surface area contributed by atoms with Gasteiger partial charge in [0.15, 0.2) is 0 Å². The molecule has 1 aromatic heterocycles. The zero-order chi connectivity index (χ0) is 13.5. The van der Waals surface area contributed by atoms with E-state index in [2.05, 4.69) is 15.3 Å². The van der Waals surface area contributed by atoms with E-state index in [4.69, 9.17) is 11.6 Å². The summed E-state index contributed by atoms with van der Waals surface area (Å²) in [5.41, 5.74) is 0.863. The van der Waals surface area contributed by atoms with Gasteiger partial charge in [-0.15, -0.1) is 0 Å². The number of aliphatic hydroxyl groups is 1. The van der Waals surface area contributed by atoms with Crippen molar-refractivity contribution >= 4 is 17.4 Å². The lowest BCUT2D eigenvalue weighted by atomic mass is 10.1. The Morgan fingerprint density at radius 2 is 2.22 bits per heavy atom. The smallest absolute Gasteiger partial charge is 0.134 e. The Kier molecular flexibility index (Phi) is 5.82. The first-order valence-electron chi connectivity index (χ1n) is 5.78. The van der Waals surface area contributed by atoms with Gasteiger partial charge in [0.1, 0.15) is 16.8 Å². The molecule has 0 spiro atoms. The number of nitrogens with one attached hydrogen (secondary N) is 1. The van der Waals surface area contributed by atoms with Crippen molar-refractivity contribution in [3.05, 3.63) is 40.8 Å². The van der Waals surface area contributed by atoms with Crippen LogP contribution >= 0.6 is 11.6 Å². The summed E-state index contributed by atoms with van der Waals surface area (Å²) in [6, 6.07) is 1.63. The molecule has 0 aliphatic carbocycles. The Labute approximate surface area is 112 Å². The Bertz CT molecular complexity index is 437. The first kappa shape index (κ1) is 14.7. The zero-order valence-electron chi connectivity index (χ0n) is 10.8. The zero-order valence-corrected chi connectivity index (χ0v) is 11.6. The highest BCUT2D eigenvalue weighted by Crippen LogP contribution is 2.12. The summed E-state index contributed by atoms with van der Waals surface area (Å²) in [6.45, 7) is 5.95. The molecule has 1 unspecified atom stereocenters. The largest absolute Gasteiger partial charge is 0.387 e. The van der Waals surface area contributed by atoms with Crippen molar-refractivity contribution in [3.63, 3.8) is 0 Å². The fourth-order valence-corrected chi connectivity index (χ4v) is 1.76. The number of aliphatic hydroxyl groups excluding tert-OH is 1. The molecule has 0 radical (unpaired) electrons. The first-order chi connectivity index (χ1) is 8.56. The molecule has 0 bridgehead atoms. The third-order valence-electron chi connectivity index (χ3n) is 2.36. The molecule has 18 heavy (non-hydrogen) atoms. The van der Waals surface area contributed by atoms with Gasteiger partial charge in [0.25, 0.3) is 0 Å². The van der Waals surface area contributed by atoms with Crippen molar-refractivity contribution in [2.24, 2.45) is 0 Å². The van der Waals surface area contributed by atoms with Crippen molar-refractivity contribution in [2.45, 2.75) is 26.9 Å². The minimum atomic E-state index is -0.583. The molecule has 2 N–H and O–H groups in total. The lowest BCUT2D eigenvalue weighted by Crippen LogP contribution is -2.21. The topological polar surface area (TPSA) is 58.0 Å². The highest BCUT2D eigenvalue weighted by molar-refractivity contribution is 6.29. The maximum atomic E-state index is 9.98. The second-order valence-electron chi connectivity index (χ2n) is 3.81. The molecule has 0 aliphatic heterocycles. The number of nitrogens with zero attached hydrogens (tertiary/aromatic N) is 2. The van der Waals surface area contributed by atoms with E-state index in [0.717, 1.165) is 5.57 Å². The van der Waals surface area contributed by atoms with Crippen LogP contribution in [0.15, 0.2) is 29.9 Å².